The van der Waals surface area contributed by atoms with Gasteiger partial charge < -0.3 is 14.6 Å². The highest BCUT2D eigenvalue weighted by molar-refractivity contribution is 7.15. The van der Waals surface area contributed by atoms with Crippen molar-refractivity contribution in [3.05, 3.63) is 4.88 Å². The Morgan fingerprint density at radius 3 is 2.64 bits per heavy atom. The SMILES string of the molecule is COc1nc(O)c(C(=O)OC(C)C)s1. The van der Waals surface area contributed by atoms with Gasteiger partial charge in [0.15, 0.2) is 4.88 Å². The Morgan fingerprint density at radius 1 is 1.57 bits per heavy atom. The predicted octanol–water partition coefficient (Wildman–Crippen LogP) is 1.42. The number of hydrogen-bond acceptors (Lipinski definition) is 6. The van der Waals surface area contributed by atoms with Crippen molar-refractivity contribution in [2.24, 2.45) is 0 Å². The van der Waals surface area contributed by atoms with E-state index < -0.39 is 5.97 Å². The number of nitrogens with zero attached hydrogens (tertiary/aromatic N) is 1. The summed E-state index contributed by atoms with van der Waals surface area (Å²) < 4.78 is 9.66. The van der Waals surface area contributed by atoms with Crippen LogP contribution in [0.15, 0.2) is 0 Å². The van der Waals surface area contributed by atoms with Crippen LogP contribution >= 0.6 is 11.3 Å². The van der Waals surface area contributed by atoms with Crippen LogP contribution in [-0.2, 0) is 4.74 Å². The average molecular weight is 217 g/mol. The maximum Gasteiger partial charge on any atom is 0.354 e. The minimum absolute atomic E-state index is 0.0653. The van der Waals surface area contributed by atoms with Gasteiger partial charge in [0, 0.05) is 0 Å². The summed E-state index contributed by atoms with van der Waals surface area (Å²) >= 11 is 0.952. The van der Waals surface area contributed by atoms with Gasteiger partial charge in [0.05, 0.1) is 13.2 Å². The first-order chi connectivity index (χ1) is 6.54. The quantitative estimate of drug-likeness (QED) is 0.775. The molecule has 1 aromatic rings. The van der Waals surface area contributed by atoms with Gasteiger partial charge in [-0.15, -0.1) is 0 Å². The summed E-state index contributed by atoms with van der Waals surface area (Å²) in [5.74, 6) is -0.934. The van der Waals surface area contributed by atoms with E-state index in [9.17, 15) is 9.90 Å². The van der Waals surface area contributed by atoms with Gasteiger partial charge in [-0.1, -0.05) is 11.3 Å². The van der Waals surface area contributed by atoms with Crippen LogP contribution in [0, 0.1) is 0 Å². The lowest BCUT2D eigenvalue weighted by atomic mass is 10.4. The highest BCUT2D eigenvalue weighted by atomic mass is 32.1. The molecule has 1 N–H and O–H groups in total. The number of ether oxygens (including phenoxy) is 2. The summed E-state index contributed by atoms with van der Waals surface area (Å²) in [6, 6.07) is 0. The Bertz CT molecular complexity index is 334. The standard InChI is InChI=1S/C8H11NO4S/c1-4(2)13-7(11)5-6(10)9-8(12-3)14-5/h4,10H,1-3H3. The number of thiazole rings is 1. The summed E-state index contributed by atoms with van der Waals surface area (Å²) in [5.41, 5.74) is 0. The van der Waals surface area contributed by atoms with Gasteiger partial charge in [-0.2, -0.15) is 4.98 Å². The smallest absolute Gasteiger partial charge is 0.354 e. The minimum atomic E-state index is -0.585. The molecule has 0 atom stereocenters. The zero-order chi connectivity index (χ0) is 10.7. The van der Waals surface area contributed by atoms with Crippen LogP contribution in [0.2, 0.25) is 0 Å². The minimum Gasteiger partial charge on any atom is -0.492 e. The third-order valence-electron chi connectivity index (χ3n) is 1.29. The second-order valence-corrected chi connectivity index (χ2v) is 3.75. The molecular weight excluding hydrogens is 206 g/mol. The first kappa shape index (κ1) is 10.8. The maximum absolute atomic E-state index is 11.3. The van der Waals surface area contributed by atoms with Gasteiger partial charge in [-0.25, -0.2) is 4.79 Å². The van der Waals surface area contributed by atoms with Crippen LogP contribution in [0.25, 0.3) is 0 Å². The number of hydrogen-bond donors (Lipinski definition) is 1. The fourth-order valence-corrected chi connectivity index (χ4v) is 1.44. The van der Waals surface area contributed by atoms with Crippen molar-refractivity contribution in [1.29, 1.82) is 0 Å². The summed E-state index contributed by atoms with van der Waals surface area (Å²) in [5, 5.41) is 9.50. The molecule has 0 aliphatic heterocycles. The molecule has 0 amide bonds. The highest BCUT2D eigenvalue weighted by Crippen LogP contribution is 2.30. The number of esters is 1. The van der Waals surface area contributed by atoms with Crippen LogP contribution in [0.5, 0.6) is 11.1 Å². The van der Waals surface area contributed by atoms with Crippen LogP contribution in [0.4, 0.5) is 0 Å². The molecule has 5 nitrogen and oxygen atoms in total. The van der Waals surface area contributed by atoms with Crippen molar-refractivity contribution in [2.45, 2.75) is 20.0 Å². The van der Waals surface area contributed by atoms with Gasteiger partial charge in [-0.05, 0) is 13.8 Å². The van der Waals surface area contributed by atoms with Crippen molar-refractivity contribution in [2.75, 3.05) is 7.11 Å². The lowest BCUT2D eigenvalue weighted by Gasteiger charge is -2.05. The number of aromatic nitrogens is 1. The molecule has 1 aromatic heterocycles. The van der Waals surface area contributed by atoms with Crippen molar-refractivity contribution in [1.82, 2.24) is 4.98 Å². The van der Waals surface area contributed by atoms with E-state index in [-0.39, 0.29) is 22.1 Å². The van der Waals surface area contributed by atoms with Gasteiger partial charge >= 0.3 is 5.97 Å². The molecule has 0 spiro atoms. The van der Waals surface area contributed by atoms with E-state index in [0.717, 1.165) is 11.3 Å². The molecule has 6 heteroatoms. The molecule has 1 heterocycles. The molecule has 0 aliphatic rings. The highest BCUT2D eigenvalue weighted by Gasteiger charge is 2.20. The van der Waals surface area contributed by atoms with Gasteiger partial charge in [0.2, 0.25) is 5.88 Å². The third kappa shape index (κ3) is 2.35. The Balaban J connectivity index is 2.84. The third-order valence-corrected chi connectivity index (χ3v) is 2.28. The van der Waals surface area contributed by atoms with Crippen molar-refractivity contribution < 1.29 is 19.4 Å². The first-order valence-electron chi connectivity index (χ1n) is 3.99. The van der Waals surface area contributed by atoms with E-state index in [2.05, 4.69) is 4.98 Å². The summed E-state index contributed by atoms with van der Waals surface area (Å²) in [4.78, 5) is 15.0. The normalized spacial score (nSPS) is 10.3. The Kier molecular flexibility index (Phi) is 3.29. The van der Waals surface area contributed by atoms with E-state index in [1.54, 1.807) is 13.8 Å². The predicted molar refractivity (Wildman–Crippen MR) is 50.9 cm³/mol. The first-order valence-corrected chi connectivity index (χ1v) is 4.81. The monoisotopic (exact) mass is 217 g/mol. The Hall–Kier alpha value is -1.30. The molecule has 0 aliphatic carbocycles. The van der Waals surface area contributed by atoms with E-state index in [0.29, 0.717) is 0 Å². The van der Waals surface area contributed by atoms with Gasteiger partial charge in [0.1, 0.15) is 0 Å². The zero-order valence-corrected chi connectivity index (χ0v) is 8.92. The number of carbonyl (C=O) groups excluding carboxylic acids is 1. The van der Waals surface area contributed by atoms with Crippen LogP contribution in [-0.4, -0.2) is 29.3 Å². The molecule has 0 saturated carbocycles. The topological polar surface area (TPSA) is 68.7 Å². The van der Waals surface area contributed by atoms with Gasteiger partial charge in [0.25, 0.3) is 5.19 Å². The summed E-state index contributed by atoms with van der Waals surface area (Å²) in [6.45, 7) is 3.46. The molecule has 14 heavy (non-hydrogen) atoms. The van der Waals surface area contributed by atoms with Crippen LogP contribution < -0.4 is 4.74 Å². The fraction of sp³-hybridized carbons (Fsp3) is 0.500. The molecular formula is C8H11NO4S. The number of rotatable bonds is 3. The van der Waals surface area contributed by atoms with Crippen molar-refractivity contribution in [3.8, 4) is 11.1 Å². The molecule has 0 unspecified atom stereocenters. The molecule has 0 saturated heterocycles. The van der Waals surface area contributed by atoms with Crippen molar-refractivity contribution in [3.63, 3.8) is 0 Å². The Labute approximate surface area is 85.3 Å². The maximum atomic E-state index is 11.3. The number of aromatic hydroxyl groups is 1. The molecule has 0 aromatic carbocycles. The van der Waals surface area contributed by atoms with E-state index in [1.165, 1.54) is 7.11 Å². The molecule has 1 rings (SSSR count). The largest absolute Gasteiger partial charge is 0.492 e. The van der Waals surface area contributed by atoms with E-state index in [4.69, 9.17) is 9.47 Å². The summed E-state index contributed by atoms with van der Waals surface area (Å²) in [6.07, 6.45) is -0.227. The number of methoxy groups -OCH3 is 1. The molecule has 78 valence electrons. The molecule has 0 fully saturated rings. The van der Waals surface area contributed by atoms with Crippen LogP contribution in [0.1, 0.15) is 23.5 Å². The molecule has 0 bridgehead atoms. The van der Waals surface area contributed by atoms with E-state index >= 15 is 0 Å². The lowest BCUT2D eigenvalue weighted by Crippen LogP contribution is -2.10. The lowest BCUT2D eigenvalue weighted by molar-refractivity contribution is 0.0380. The zero-order valence-electron chi connectivity index (χ0n) is 8.10. The van der Waals surface area contributed by atoms with Crippen molar-refractivity contribution >= 4 is 17.3 Å². The second kappa shape index (κ2) is 4.28. The average Bonchev–Trinajstić information content (AvgIpc) is 2.45. The fourth-order valence-electron chi connectivity index (χ4n) is 0.781. The van der Waals surface area contributed by atoms with Gasteiger partial charge in [-0.3, -0.25) is 0 Å². The second-order valence-electron chi connectivity index (χ2n) is 2.79. The Morgan fingerprint density at radius 2 is 2.21 bits per heavy atom. The summed E-state index contributed by atoms with van der Waals surface area (Å²) in [7, 11) is 1.41. The van der Waals surface area contributed by atoms with Crippen LogP contribution in [0.3, 0.4) is 0 Å². The van der Waals surface area contributed by atoms with E-state index in [1.807, 2.05) is 0 Å². The number of carbonyl (C=O) groups is 1. The molecule has 0 radical (unpaired) electrons.